The van der Waals surface area contributed by atoms with Gasteiger partial charge in [0.15, 0.2) is 0 Å². The van der Waals surface area contributed by atoms with Gasteiger partial charge in [0, 0.05) is 6.42 Å². The molecular weight excluding hydrogens is 288 g/mol. The highest BCUT2D eigenvalue weighted by Crippen LogP contribution is 2.28. The van der Waals surface area contributed by atoms with E-state index in [1.54, 1.807) is 6.07 Å². The van der Waals surface area contributed by atoms with Crippen molar-refractivity contribution in [2.45, 2.75) is 70.8 Å². The fraction of sp³-hybridized carbons (Fsp3) is 0.700. The molecule has 0 radical (unpaired) electrons. The number of hydrogen-bond acceptors (Lipinski definition) is 3. The Labute approximate surface area is 141 Å². The van der Waals surface area contributed by atoms with Gasteiger partial charge in [-0.3, -0.25) is 0 Å². The molecule has 0 amide bonds. The first kappa shape index (κ1) is 18.3. The number of ether oxygens (including phenoxy) is 2. The van der Waals surface area contributed by atoms with E-state index in [4.69, 9.17) is 4.74 Å². The number of aromatic hydroxyl groups is 1. The van der Waals surface area contributed by atoms with Crippen LogP contribution in [-0.4, -0.2) is 31.0 Å². The van der Waals surface area contributed by atoms with Gasteiger partial charge >= 0.3 is 0 Å². The molecule has 130 valence electrons. The molecule has 1 atom stereocenters. The Bertz CT molecular complexity index is 436. The SMILES string of the molecule is C1CO1.CCCCCCCCCc1cccc(O)c1CC1CO1. The van der Waals surface area contributed by atoms with Crippen LogP contribution in [0.25, 0.3) is 0 Å². The predicted octanol–water partition coefficient (Wildman–Crippen LogP) is 4.64. The minimum absolute atomic E-state index is 0.344. The van der Waals surface area contributed by atoms with Crippen LogP contribution < -0.4 is 0 Å². The maximum atomic E-state index is 10.0. The van der Waals surface area contributed by atoms with E-state index in [1.807, 2.05) is 6.07 Å². The third-order valence-corrected chi connectivity index (χ3v) is 4.34. The van der Waals surface area contributed by atoms with Gasteiger partial charge in [0.25, 0.3) is 0 Å². The molecule has 2 fully saturated rings. The molecule has 1 N–H and O–H groups in total. The average Bonchev–Trinajstić information content (AvgIpc) is 3.41. The summed E-state index contributed by atoms with van der Waals surface area (Å²) in [5, 5.41) is 10.0. The van der Waals surface area contributed by atoms with Gasteiger partial charge in [-0.25, -0.2) is 0 Å². The van der Waals surface area contributed by atoms with E-state index in [0.717, 1.165) is 38.2 Å². The normalized spacial score (nSPS) is 18.2. The van der Waals surface area contributed by atoms with E-state index in [0.29, 0.717) is 11.9 Å². The second kappa shape index (κ2) is 10.7. The Morgan fingerprint density at radius 3 is 2.30 bits per heavy atom. The quantitative estimate of drug-likeness (QED) is 0.504. The molecule has 0 spiro atoms. The Morgan fingerprint density at radius 1 is 1.04 bits per heavy atom. The topological polar surface area (TPSA) is 45.3 Å². The Balaban J connectivity index is 0.000000572. The number of benzene rings is 1. The van der Waals surface area contributed by atoms with Crippen molar-refractivity contribution < 1.29 is 14.6 Å². The molecular formula is C20H32O3. The number of epoxide rings is 2. The lowest BCUT2D eigenvalue weighted by Crippen LogP contribution is -2.00. The third kappa shape index (κ3) is 8.38. The maximum Gasteiger partial charge on any atom is 0.119 e. The van der Waals surface area contributed by atoms with Crippen molar-refractivity contribution in [1.29, 1.82) is 0 Å². The minimum atomic E-state index is 0.344. The Kier molecular flexibility index (Phi) is 8.48. The summed E-state index contributed by atoms with van der Waals surface area (Å²) in [6.45, 7) is 5.11. The number of phenols is 1. The van der Waals surface area contributed by atoms with Crippen LogP contribution in [0, 0.1) is 0 Å². The van der Waals surface area contributed by atoms with Gasteiger partial charge in [-0.1, -0.05) is 57.6 Å². The molecule has 1 aromatic rings. The lowest BCUT2D eigenvalue weighted by Gasteiger charge is -2.10. The van der Waals surface area contributed by atoms with E-state index in [9.17, 15) is 5.11 Å². The van der Waals surface area contributed by atoms with Crippen LogP contribution in [0.5, 0.6) is 5.75 Å². The van der Waals surface area contributed by atoms with Crippen LogP contribution in [0.3, 0.4) is 0 Å². The van der Waals surface area contributed by atoms with Gasteiger partial charge in [0.1, 0.15) is 5.75 Å². The zero-order valence-corrected chi connectivity index (χ0v) is 14.6. The molecule has 1 aromatic carbocycles. The number of aryl methyl sites for hydroxylation is 1. The molecule has 0 saturated carbocycles. The fourth-order valence-corrected chi connectivity index (χ4v) is 2.78. The van der Waals surface area contributed by atoms with E-state index in [-0.39, 0.29) is 0 Å². The molecule has 2 saturated heterocycles. The smallest absolute Gasteiger partial charge is 0.119 e. The maximum absolute atomic E-state index is 10.0. The highest BCUT2D eigenvalue weighted by atomic mass is 16.6. The lowest BCUT2D eigenvalue weighted by atomic mass is 9.97. The van der Waals surface area contributed by atoms with Crippen LogP contribution in [0.1, 0.15) is 63.0 Å². The molecule has 0 aromatic heterocycles. The zero-order valence-electron chi connectivity index (χ0n) is 14.6. The summed E-state index contributed by atoms with van der Waals surface area (Å²) >= 11 is 0. The van der Waals surface area contributed by atoms with E-state index in [2.05, 4.69) is 17.7 Å². The summed E-state index contributed by atoms with van der Waals surface area (Å²) in [5.41, 5.74) is 2.43. The molecule has 3 nitrogen and oxygen atoms in total. The predicted molar refractivity (Wildman–Crippen MR) is 94.1 cm³/mol. The Morgan fingerprint density at radius 2 is 1.70 bits per heavy atom. The van der Waals surface area contributed by atoms with Crippen molar-refractivity contribution in [1.82, 2.24) is 0 Å². The van der Waals surface area contributed by atoms with Crippen LogP contribution in [0.15, 0.2) is 18.2 Å². The molecule has 2 aliphatic heterocycles. The molecule has 3 heteroatoms. The Hall–Kier alpha value is -1.06. The van der Waals surface area contributed by atoms with Crippen molar-refractivity contribution in [3.8, 4) is 5.75 Å². The number of hydrogen-bond donors (Lipinski definition) is 1. The summed E-state index contributed by atoms with van der Waals surface area (Å²) < 4.78 is 9.79. The van der Waals surface area contributed by atoms with E-state index < -0.39 is 0 Å². The van der Waals surface area contributed by atoms with Crippen molar-refractivity contribution in [2.75, 3.05) is 19.8 Å². The van der Waals surface area contributed by atoms with Gasteiger partial charge in [0.05, 0.1) is 25.9 Å². The standard InChI is InChI=1S/C18H28O2.C2H4O/c1-2-3-4-5-6-7-8-10-15-11-9-12-18(19)17(15)13-16-14-20-16;1-2-3-1/h9,11-12,16,19H,2-8,10,13-14H2,1H3;1-2H2. The highest BCUT2D eigenvalue weighted by molar-refractivity contribution is 5.40. The molecule has 23 heavy (non-hydrogen) atoms. The third-order valence-electron chi connectivity index (χ3n) is 4.34. The molecule has 3 rings (SSSR count). The first-order valence-electron chi connectivity index (χ1n) is 9.30. The zero-order chi connectivity index (χ0) is 16.3. The molecule has 0 bridgehead atoms. The molecule has 2 aliphatic rings. The van der Waals surface area contributed by atoms with Crippen molar-refractivity contribution in [3.63, 3.8) is 0 Å². The molecule has 2 heterocycles. The van der Waals surface area contributed by atoms with Crippen LogP contribution >= 0.6 is 0 Å². The van der Waals surface area contributed by atoms with Crippen molar-refractivity contribution >= 4 is 0 Å². The summed E-state index contributed by atoms with van der Waals surface area (Å²) in [6, 6.07) is 5.92. The second-order valence-electron chi connectivity index (χ2n) is 6.56. The minimum Gasteiger partial charge on any atom is -0.508 e. The second-order valence-corrected chi connectivity index (χ2v) is 6.56. The number of phenolic OH excluding ortho intramolecular Hbond substituents is 1. The van der Waals surface area contributed by atoms with Crippen molar-refractivity contribution in [2.24, 2.45) is 0 Å². The summed E-state index contributed by atoms with van der Waals surface area (Å²) in [6.07, 6.45) is 11.6. The van der Waals surface area contributed by atoms with Gasteiger partial charge in [-0.05, 0) is 30.0 Å². The highest BCUT2D eigenvalue weighted by Gasteiger charge is 2.25. The fourth-order valence-electron chi connectivity index (χ4n) is 2.78. The van der Waals surface area contributed by atoms with Gasteiger partial charge < -0.3 is 14.6 Å². The van der Waals surface area contributed by atoms with Gasteiger partial charge in [-0.2, -0.15) is 0 Å². The van der Waals surface area contributed by atoms with Crippen LogP contribution in [0.2, 0.25) is 0 Å². The largest absolute Gasteiger partial charge is 0.508 e. The molecule has 1 unspecified atom stereocenters. The number of unbranched alkanes of at least 4 members (excludes halogenated alkanes) is 6. The summed E-state index contributed by atoms with van der Waals surface area (Å²) in [7, 11) is 0. The van der Waals surface area contributed by atoms with Gasteiger partial charge in [-0.15, -0.1) is 0 Å². The monoisotopic (exact) mass is 320 g/mol. The first-order chi connectivity index (χ1) is 11.3. The van der Waals surface area contributed by atoms with Gasteiger partial charge in [0.2, 0.25) is 0 Å². The van der Waals surface area contributed by atoms with E-state index >= 15 is 0 Å². The number of rotatable bonds is 10. The van der Waals surface area contributed by atoms with E-state index in [1.165, 1.54) is 50.5 Å². The van der Waals surface area contributed by atoms with Crippen LogP contribution in [-0.2, 0) is 22.3 Å². The summed E-state index contributed by atoms with van der Waals surface area (Å²) in [4.78, 5) is 0. The van der Waals surface area contributed by atoms with Crippen molar-refractivity contribution in [3.05, 3.63) is 29.3 Å². The average molecular weight is 320 g/mol. The lowest BCUT2D eigenvalue weighted by molar-refractivity contribution is 0.401. The van der Waals surface area contributed by atoms with Crippen LogP contribution in [0.4, 0.5) is 0 Å². The summed E-state index contributed by atoms with van der Waals surface area (Å²) in [5.74, 6) is 0.445. The molecule has 0 aliphatic carbocycles. The first-order valence-corrected chi connectivity index (χ1v) is 9.30.